The van der Waals surface area contributed by atoms with Gasteiger partial charge in [0, 0.05) is 7.11 Å². The van der Waals surface area contributed by atoms with E-state index in [0.29, 0.717) is 0 Å². The van der Waals surface area contributed by atoms with Crippen LogP contribution in [0.15, 0.2) is 48.5 Å². The van der Waals surface area contributed by atoms with Crippen LogP contribution in [0.4, 0.5) is 4.39 Å². The maximum Gasteiger partial charge on any atom is 0.287 e. The normalized spacial score (nSPS) is 12.6. The fourth-order valence-electron chi connectivity index (χ4n) is 2.56. The molecule has 2 aromatic rings. The van der Waals surface area contributed by atoms with Gasteiger partial charge in [-0.1, -0.05) is 50.2 Å². The van der Waals surface area contributed by atoms with E-state index in [9.17, 15) is 4.39 Å². The molecule has 2 nitrogen and oxygen atoms in total. The standard InChI is InChI=1S/C17H22FNOSi/c1-4-19(5-2)21(20-3)17-11-9-14(10-12-17)15-7-6-8-16(18)13-15/h6-13,21H,4-5H2,1-3H3. The van der Waals surface area contributed by atoms with Crippen molar-refractivity contribution in [3.05, 3.63) is 54.3 Å². The average Bonchev–Trinajstić information content (AvgIpc) is 2.53. The molecule has 0 radical (unpaired) electrons. The summed E-state index contributed by atoms with van der Waals surface area (Å²) in [5.74, 6) is -0.205. The maximum absolute atomic E-state index is 13.3. The van der Waals surface area contributed by atoms with Crippen LogP contribution < -0.4 is 5.19 Å². The van der Waals surface area contributed by atoms with Gasteiger partial charge in [-0.15, -0.1) is 0 Å². The van der Waals surface area contributed by atoms with Crippen molar-refractivity contribution in [1.82, 2.24) is 4.57 Å². The van der Waals surface area contributed by atoms with Crippen LogP contribution in [0.2, 0.25) is 0 Å². The molecule has 0 heterocycles. The highest BCUT2D eigenvalue weighted by Gasteiger charge is 2.20. The van der Waals surface area contributed by atoms with Crippen LogP contribution in [0.1, 0.15) is 13.8 Å². The second-order valence-corrected chi connectivity index (χ2v) is 7.51. The summed E-state index contributed by atoms with van der Waals surface area (Å²) in [7, 11) is 0.236. The van der Waals surface area contributed by atoms with Crippen LogP contribution in [-0.4, -0.2) is 34.0 Å². The predicted molar refractivity (Wildman–Crippen MR) is 88.5 cm³/mol. The molecule has 21 heavy (non-hydrogen) atoms. The SMILES string of the molecule is CCN(CC)[SiH](OC)c1ccc(-c2cccc(F)c2)cc1. The van der Waals surface area contributed by atoms with Gasteiger partial charge in [-0.25, -0.2) is 4.39 Å². The smallest absolute Gasteiger partial charge is 0.287 e. The zero-order valence-corrected chi connectivity index (χ0v) is 14.0. The van der Waals surface area contributed by atoms with Crippen LogP contribution in [0, 0.1) is 5.82 Å². The third-order valence-corrected chi connectivity index (χ3v) is 6.52. The number of rotatable bonds is 6. The van der Waals surface area contributed by atoms with E-state index < -0.39 is 9.20 Å². The first-order chi connectivity index (χ1) is 10.2. The highest BCUT2D eigenvalue weighted by molar-refractivity contribution is 6.64. The van der Waals surface area contributed by atoms with Crippen molar-refractivity contribution in [2.75, 3.05) is 20.2 Å². The third kappa shape index (κ3) is 3.78. The molecule has 112 valence electrons. The summed E-state index contributed by atoms with van der Waals surface area (Å²) in [5.41, 5.74) is 1.93. The minimum atomic E-state index is -1.55. The van der Waals surface area contributed by atoms with E-state index in [1.807, 2.05) is 18.2 Å². The van der Waals surface area contributed by atoms with E-state index in [4.69, 9.17) is 4.43 Å². The fraction of sp³-hybridized carbons (Fsp3) is 0.294. The van der Waals surface area contributed by atoms with E-state index >= 15 is 0 Å². The van der Waals surface area contributed by atoms with Crippen LogP contribution in [0.25, 0.3) is 11.1 Å². The van der Waals surface area contributed by atoms with Crippen molar-refractivity contribution in [3.8, 4) is 11.1 Å². The maximum atomic E-state index is 13.3. The Labute approximate surface area is 128 Å². The number of halogens is 1. The lowest BCUT2D eigenvalue weighted by atomic mass is 10.1. The van der Waals surface area contributed by atoms with E-state index in [-0.39, 0.29) is 5.82 Å². The Morgan fingerprint density at radius 3 is 2.19 bits per heavy atom. The first kappa shape index (κ1) is 15.9. The van der Waals surface area contributed by atoms with E-state index in [1.54, 1.807) is 19.2 Å². The Hall–Kier alpha value is -1.49. The molecule has 0 aliphatic rings. The Morgan fingerprint density at radius 2 is 1.67 bits per heavy atom. The molecule has 0 aromatic heterocycles. The summed E-state index contributed by atoms with van der Waals surface area (Å²) in [6.07, 6.45) is 0. The molecular formula is C17H22FNOSi. The molecule has 0 spiro atoms. The molecule has 0 saturated carbocycles. The quantitative estimate of drug-likeness (QED) is 0.761. The Bertz CT molecular complexity index is 569. The van der Waals surface area contributed by atoms with Gasteiger partial charge < -0.3 is 8.99 Å². The summed E-state index contributed by atoms with van der Waals surface area (Å²) in [6.45, 7) is 6.30. The van der Waals surface area contributed by atoms with Gasteiger partial charge in [0.05, 0.1) is 0 Å². The minimum Gasteiger partial charge on any atom is -0.405 e. The molecule has 0 fully saturated rings. The Kier molecular flexibility index (Phi) is 5.67. The average molecular weight is 303 g/mol. The van der Waals surface area contributed by atoms with Crippen molar-refractivity contribution in [2.24, 2.45) is 0 Å². The molecule has 4 heteroatoms. The van der Waals surface area contributed by atoms with Gasteiger partial charge in [0.25, 0.3) is 9.20 Å². The number of nitrogens with zero attached hydrogens (tertiary/aromatic N) is 1. The molecule has 2 aromatic carbocycles. The summed E-state index contributed by atoms with van der Waals surface area (Å²) >= 11 is 0. The summed E-state index contributed by atoms with van der Waals surface area (Å²) in [5, 5.41) is 1.25. The van der Waals surface area contributed by atoms with Gasteiger partial charge in [-0.2, -0.15) is 0 Å². The highest BCUT2D eigenvalue weighted by Crippen LogP contribution is 2.19. The van der Waals surface area contributed by atoms with Crippen LogP contribution in [-0.2, 0) is 4.43 Å². The highest BCUT2D eigenvalue weighted by atomic mass is 28.3. The predicted octanol–water partition coefficient (Wildman–Crippen LogP) is 2.91. The molecule has 0 saturated heterocycles. The number of hydrogen-bond acceptors (Lipinski definition) is 2. The molecule has 1 unspecified atom stereocenters. The van der Waals surface area contributed by atoms with Crippen molar-refractivity contribution < 1.29 is 8.82 Å². The molecule has 0 aliphatic heterocycles. The Balaban J connectivity index is 2.25. The van der Waals surface area contributed by atoms with E-state index in [0.717, 1.165) is 24.2 Å². The molecule has 2 rings (SSSR count). The molecule has 0 amide bonds. The lowest BCUT2D eigenvalue weighted by molar-refractivity contribution is 0.339. The zero-order valence-electron chi connectivity index (χ0n) is 12.8. The summed E-state index contributed by atoms with van der Waals surface area (Å²) in [4.78, 5) is 0. The largest absolute Gasteiger partial charge is 0.405 e. The van der Waals surface area contributed by atoms with Gasteiger partial charge in [0.15, 0.2) is 0 Å². The fourth-order valence-corrected chi connectivity index (χ4v) is 4.74. The van der Waals surface area contributed by atoms with Crippen molar-refractivity contribution >= 4 is 14.4 Å². The molecule has 1 atom stereocenters. The second-order valence-electron chi connectivity index (χ2n) is 4.94. The van der Waals surface area contributed by atoms with Gasteiger partial charge in [0.1, 0.15) is 5.82 Å². The van der Waals surface area contributed by atoms with Crippen LogP contribution >= 0.6 is 0 Å². The van der Waals surface area contributed by atoms with Gasteiger partial charge in [0.2, 0.25) is 0 Å². The molecule has 0 bridgehead atoms. The topological polar surface area (TPSA) is 12.5 Å². The third-order valence-electron chi connectivity index (χ3n) is 3.72. The van der Waals surface area contributed by atoms with Gasteiger partial charge in [-0.05, 0) is 41.5 Å². The van der Waals surface area contributed by atoms with Crippen molar-refractivity contribution in [2.45, 2.75) is 13.8 Å². The summed E-state index contributed by atoms with van der Waals surface area (Å²) in [6, 6.07) is 15.0. The van der Waals surface area contributed by atoms with Crippen LogP contribution in [0.3, 0.4) is 0 Å². The van der Waals surface area contributed by atoms with Crippen molar-refractivity contribution in [3.63, 3.8) is 0 Å². The van der Waals surface area contributed by atoms with Gasteiger partial charge >= 0.3 is 0 Å². The summed E-state index contributed by atoms with van der Waals surface area (Å²) < 4.78 is 21.4. The Morgan fingerprint density at radius 1 is 1.00 bits per heavy atom. The first-order valence-corrected chi connectivity index (χ1v) is 8.88. The molecule has 0 aliphatic carbocycles. The molecular weight excluding hydrogens is 281 g/mol. The monoisotopic (exact) mass is 303 g/mol. The minimum absolute atomic E-state index is 0.205. The zero-order chi connectivity index (χ0) is 15.2. The van der Waals surface area contributed by atoms with Gasteiger partial charge in [-0.3, -0.25) is 0 Å². The second kappa shape index (κ2) is 7.50. The van der Waals surface area contributed by atoms with E-state index in [2.05, 4.69) is 30.5 Å². The number of benzene rings is 2. The lowest BCUT2D eigenvalue weighted by Crippen LogP contribution is -2.49. The number of hydrogen-bond donors (Lipinski definition) is 0. The van der Waals surface area contributed by atoms with Crippen LogP contribution in [0.5, 0.6) is 0 Å². The lowest BCUT2D eigenvalue weighted by Gasteiger charge is -2.26. The van der Waals surface area contributed by atoms with E-state index in [1.165, 1.54) is 11.3 Å². The van der Waals surface area contributed by atoms with Crippen molar-refractivity contribution in [1.29, 1.82) is 0 Å². The molecule has 0 N–H and O–H groups in total. The first-order valence-electron chi connectivity index (χ1n) is 7.32.